The van der Waals surface area contributed by atoms with E-state index < -0.39 is 0 Å². The van der Waals surface area contributed by atoms with Crippen molar-refractivity contribution in [2.24, 2.45) is 0 Å². The van der Waals surface area contributed by atoms with Crippen LogP contribution in [0.25, 0.3) is 16.7 Å². The van der Waals surface area contributed by atoms with Gasteiger partial charge in [-0.2, -0.15) is 4.80 Å². The van der Waals surface area contributed by atoms with Crippen molar-refractivity contribution in [2.45, 2.75) is 13.8 Å². The fourth-order valence-electron chi connectivity index (χ4n) is 1.54. The van der Waals surface area contributed by atoms with Crippen LogP contribution in [0.15, 0.2) is 54.6 Å². The average molecular weight is 524 g/mol. The zero-order valence-electron chi connectivity index (χ0n) is 13.3. The van der Waals surface area contributed by atoms with Gasteiger partial charge in [0.1, 0.15) is 11.0 Å². The fraction of sp³-hybridized carbons (Fsp3) is 0.250. The highest BCUT2D eigenvalue weighted by Crippen LogP contribution is 2.10. The van der Waals surface area contributed by atoms with Gasteiger partial charge in [-0.15, -0.1) is 10.2 Å². The van der Waals surface area contributed by atoms with Crippen LogP contribution < -0.4 is 5.32 Å². The molecule has 22 heavy (non-hydrogen) atoms. The number of hydrogen-bond donors (Lipinski definition) is 1. The summed E-state index contributed by atoms with van der Waals surface area (Å²) in [5.41, 5.74) is 2.82. The predicted octanol–water partition coefficient (Wildman–Crippen LogP) is 5.05. The summed E-state index contributed by atoms with van der Waals surface area (Å²) >= 11 is 4.24. The van der Waals surface area contributed by atoms with Crippen molar-refractivity contribution < 1.29 is 0 Å². The molecule has 1 aromatic heterocycles. The summed E-state index contributed by atoms with van der Waals surface area (Å²) < 4.78 is 0. The molecule has 2 aromatic carbocycles. The van der Waals surface area contributed by atoms with Gasteiger partial charge in [-0.25, -0.2) is 0 Å². The van der Waals surface area contributed by atoms with Gasteiger partial charge in [0.25, 0.3) is 0 Å². The van der Waals surface area contributed by atoms with Crippen molar-refractivity contribution >= 4 is 48.3 Å². The van der Waals surface area contributed by atoms with E-state index in [0.29, 0.717) is 0 Å². The topological polar surface area (TPSA) is 42.7 Å². The molecule has 1 N–H and O–H groups in total. The van der Waals surface area contributed by atoms with E-state index in [-0.39, 0.29) is 0 Å². The van der Waals surface area contributed by atoms with Gasteiger partial charge >= 0.3 is 0 Å². The van der Waals surface area contributed by atoms with Gasteiger partial charge < -0.3 is 5.32 Å². The molecule has 0 bridgehead atoms. The second kappa shape index (κ2) is 13.9. The van der Waals surface area contributed by atoms with Gasteiger partial charge in [-0.05, 0) is 38.4 Å². The van der Waals surface area contributed by atoms with E-state index >= 15 is 0 Å². The van der Waals surface area contributed by atoms with Crippen LogP contribution in [-0.2, 0) is 0 Å². The van der Waals surface area contributed by atoms with Crippen LogP contribution >= 0.6 is 37.2 Å². The summed E-state index contributed by atoms with van der Waals surface area (Å²) in [6.07, 6.45) is 0. The molecule has 0 saturated carbocycles. The normalized spacial score (nSPS) is 8.64. The standard InChI is InChI=1S/C12H9N3.C2H7N.C2H6.I2/c1-2-6-10(7-3-1)15-13-11-8-4-5-9-12(11)14-15;1-3-2;2*1-2/h1-9H;3H,1-2H3;1-2H3;. The zero-order chi connectivity index (χ0) is 16.8. The molecule has 0 aliphatic rings. The number of fused-ring (bicyclic) bond motifs is 1. The fourth-order valence-corrected chi connectivity index (χ4v) is 1.54. The molecule has 3 aromatic rings. The summed E-state index contributed by atoms with van der Waals surface area (Å²) in [6, 6.07) is 17.7. The first-order valence-corrected chi connectivity index (χ1v) is 13.2. The van der Waals surface area contributed by atoms with E-state index in [1.165, 1.54) is 0 Å². The Balaban J connectivity index is 0.000000553. The van der Waals surface area contributed by atoms with Gasteiger partial charge in [0, 0.05) is 37.2 Å². The molecular formula is C16H22I2N4. The van der Waals surface area contributed by atoms with Crippen LogP contribution in [0.4, 0.5) is 0 Å². The number of hydrogen-bond acceptors (Lipinski definition) is 3. The predicted molar refractivity (Wildman–Crippen MR) is 113 cm³/mol. The largest absolute Gasteiger partial charge is 0.323 e. The summed E-state index contributed by atoms with van der Waals surface area (Å²) in [5.74, 6) is 0. The Morgan fingerprint density at radius 2 is 1.14 bits per heavy atom. The highest BCUT2D eigenvalue weighted by Gasteiger charge is 2.01. The van der Waals surface area contributed by atoms with Crippen molar-refractivity contribution in [2.75, 3.05) is 14.1 Å². The van der Waals surface area contributed by atoms with Crippen molar-refractivity contribution in [3.63, 3.8) is 0 Å². The number of rotatable bonds is 1. The monoisotopic (exact) mass is 524 g/mol. The first-order chi connectivity index (χ1) is 10.8. The maximum absolute atomic E-state index is 4.39. The van der Waals surface area contributed by atoms with Crippen LogP contribution in [-0.4, -0.2) is 29.1 Å². The number of nitrogens with zero attached hydrogens (tertiary/aromatic N) is 3. The molecule has 0 saturated heterocycles. The van der Waals surface area contributed by atoms with E-state index in [0.717, 1.165) is 16.7 Å². The van der Waals surface area contributed by atoms with Gasteiger partial charge in [0.15, 0.2) is 0 Å². The number of para-hydroxylation sites is 1. The Bertz CT molecular complexity index is 579. The third-order valence-electron chi connectivity index (χ3n) is 2.27. The van der Waals surface area contributed by atoms with E-state index in [9.17, 15) is 0 Å². The number of aromatic nitrogens is 3. The third-order valence-corrected chi connectivity index (χ3v) is 2.27. The molecule has 3 rings (SSSR count). The Morgan fingerprint density at radius 1 is 0.773 bits per heavy atom. The second-order valence-electron chi connectivity index (χ2n) is 3.81. The SMILES string of the molecule is CC.CNC.II.c1ccc(-n2nc3ccccc3n2)cc1. The van der Waals surface area contributed by atoms with Crippen LogP contribution in [0.3, 0.4) is 0 Å². The Hall–Kier alpha value is -0.740. The first-order valence-electron chi connectivity index (χ1n) is 6.95. The maximum Gasteiger partial charge on any atom is 0.113 e. The van der Waals surface area contributed by atoms with Crippen molar-refractivity contribution in [3.8, 4) is 5.69 Å². The van der Waals surface area contributed by atoms with Crippen molar-refractivity contribution in [1.82, 2.24) is 20.3 Å². The highest BCUT2D eigenvalue weighted by molar-refractivity contribution is 15.0. The lowest BCUT2D eigenvalue weighted by Gasteiger charge is -1.96. The number of benzene rings is 2. The Morgan fingerprint density at radius 3 is 1.55 bits per heavy atom. The lowest BCUT2D eigenvalue weighted by atomic mass is 10.3. The van der Waals surface area contributed by atoms with Crippen LogP contribution in [0.1, 0.15) is 13.8 Å². The molecule has 120 valence electrons. The van der Waals surface area contributed by atoms with Crippen molar-refractivity contribution in [3.05, 3.63) is 54.6 Å². The highest BCUT2D eigenvalue weighted by atomic mass is 128. The lowest BCUT2D eigenvalue weighted by Crippen LogP contribution is -1.97. The van der Waals surface area contributed by atoms with E-state index in [1.807, 2.05) is 82.5 Å². The summed E-state index contributed by atoms with van der Waals surface area (Å²) in [5, 5.41) is 11.5. The summed E-state index contributed by atoms with van der Waals surface area (Å²) in [7, 11) is 3.75. The molecule has 0 unspecified atom stereocenters. The molecule has 4 nitrogen and oxygen atoms in total. The van der Waals surface area contributed by atoms with Gasteiger partial charge in [-0.3, -0.25) is 0 Å². The van der Waals surface area contributed by atoms with E-state index in [4.69, 9.17) is 0 Å². The number of nitrogens with one attached hydrogen (secondary N) is 1. The first kappa shape index (κ1) is 21.3. The zero-order valence-corrected chi connectivity index (χ0v) is 17.6. The quantitative estimate of drug-likeness (QED) is 0.454. The van der Waals surface area contributed by atoms with Crippen molar-refractivity contribution in [1.29, 1.82) is 0 Å². The second-order valence-corrected chi connectivity index (χ2v) is 3.81. The molecule has 1 heterocycles. The van der Waals surface area contributed by atoms with Gasteiger partial charge in [-0.1, -0.05) is 44.2 Å². The molecule has 0 aliphatic heterocycles. The summed E-state index contributed by atoms with van der Waals surface area (Å²) in [6.45, 7) is 4.00. The Kier molecular flexibility index (Phi) is 13.4. The average Bonchev–Trinajstić information content (AvgIpc) is 3.04. The summed E-state index contributed by atoms with van der Waals surface area (Å²) in [4.78, 5) is 1.66. The van der Waals surface area contributed by atoms with E-state index in [1.54, 1.807) is 4.80 Å². The minimum Gasteiger partial charge on any atom is -0.323 e. The molecule has 0 atom stereocenters. The van der Waals surface area contributed by atoms with Gasteiger partial charge in [0.05, 0.1) is 5.69 Å². The molecule has 0 aliphatic carbocycles. The number of halogens is 2. The molecule has 0 spiro atoms. The van der Waals surface area contributed by atoms with E-state index in [2.05, 4.69) is 52.7 Å². The lowest BCUT2D eigenvalue weighted by molar-refractivity contribution is 0.766. The van der Waals surface area contributed by atoms with Crippen LogP contribution in [0, 0.1) is 0 Å². The van der Waals surface area contributed by atoms with Crippen LogP contribution in [0.5, 0.6) is 0 Å². The van der Waals surface area contributed by atoms with Crippen LogP contribution in [0.2, 0.25) is 0 Å². The molecule has 0 radical (unpaired) electrons. The maximum atomic E-state index is 4.39. The van der Waals surface area contributed by atoms with Gasteiger partial charge in [0.2, 0.25) is 0 Å². The minimum absolute atomic E-state index is 0.918. The minimum atomic E-state index is 0.918. The smallest absolute Gasteiger partial charge is 0.113 e. The Labute approximate surface area is 156 Å². The molecular weight excluding hydrogens is 502 g/mol. The molecule has 6 heteroatoms. The molecule has 0 fully saturated rings. The third kappa shape index (κ3) is 7.01. The molecule has 0 amide bonds.